The molecule has 0 aliphatic carbocycles. The smallest absolute Gasteiger partial charge is 0.407 e. The maximum Gasteiger partial charge on any atom is 0.407 e. The minimum Gasteiger partial charge on any atom is -0.465 e. The molecule has 174 valence electrons. The van der Waals surface area contributed by atoms with Crippen LogP contribution in [0.2, 0.25) is 0 Å². The van der Waals surface area contributed by atoms with Crippen molar-refractivity contribution in [1.29, 1.82) is 0 Å². The molecule has 4 rings (SSSR count). The molecule has 1 saturated heterocycles. The predicted molar refractivity (Wildman–Crippen MR) is 127 cm³/mol. The zero-order chi connectivity index (χ0) is 24.0. The molecule has 2 atom stereocenters. The maximum atomic E-state index is 12.9. The van der Waals surface area contributed by atoms with E-state index in [1.54, 1.807) is 49.2 Å². The molecule has 2 aromatic carbocycles. The Hall–Kier alpha value is -3.20. The van der Waals surface area contributed by atoms with Crippen molar-refractivity contribution in [3.63, 3.8) is 0 Å². The topological polar surface area (TPSA) is 107 Å². The lowest BCUT2D eigenvalue weighted by molar-refractivity contribution is 0.101. The van der Waals surface area contributed by atoms with Gasteiger partial charge in [0.1, 0.15) is 0 Å². The Labute approximate surface area is 193 Å². The third-order valence-corrected chi connectivity index (χ3v) is 8.69. The molecule has 3 amide bonds. The number of urea groups is 1. The van der Waals surface area contributed by atoms with Gasteiger partial charge in [-0.15, -0.1) is 0 Å². The molecule has 0 aromatic heterocycles. The van der Waals surface area contributed by atoms with Gasteiger partial charge in [-0.1, -0.05) is 30.3 Å². The van der Waals surface area contributed by atoms with Gasteiger partial charge in [0.05, 0.1) is 21.4 Å². The number of rotatable bonds is 4. The Morgan fingerprint density at radius 3 is 2.42 bits per heavy atom. The van der Waals surface area contributed by atoms with Gasteiger partial charge in [0, 0.05) is 24.4 Å². The number of sulfone groups is 1. The van der Waals surface area contributed by atoms with E-state index >= 15 is 0 Å². The number of para-hydroxylation sites is 1. The minimum absolute atomic E-state index is 0.255. The zero-order valence-electron chi connectivity index (χ0n) is 18.8. The molecular weight excluding hydrogens is 442 g/mol. The van der Waals surface area contributed by atoms with Gasteiger partial charge in [0.25, 0.3) is 0 Å². The number of benzene rings is 2. The summed E-state index contributed by atoms with van der Waals surface area (Å²) in [7, 11) is -3.39. The molecule has 2 aliphatic heterocycles. The van der Waals surface area contributed by atoms with Crippen molar-refractivity contribution in [2.24, 2.45) is 4.99 Å². The number of hydrogen-bond acceptors (Lipinski definition) is 4. The normalized spacial score (nSPS) is 23.0. The van der Waals surface area contributed by atoms with Crippen LogP contribution in [0.1, 0.15) is 33.6 Å². The van der Waals surface area contributed by atoms with Crippen molar-refractivity contribution >= 4 is 33.9 Å². The molecular formula is C24H27N3O5S. The first-order chi connectivity index (χ1) is 15.6. The Balaban J connectivity index is 1.73. The first kappa shape index (κ1) is 23.0. The fraction of sp³-hybridized carbons (Fsp3) is 0.375. The predicted octanol–water partition coefficient (Wildman–Crippen LogP) is 4.45. The van der Waals surface area contributed by atoms with E-state index in [9.17, 15) is 23.1 Å². The van der Waals surface area contributed by atoms with Crippen LogP contribution in [-0.4, -0.2) is 60.1 Å². The van der Waals surface area contributed by atoms with Gasteiger partial charge in [-0.05, 0) is 57.4 Å². The van der Waals surface area contributed by atoms with E-state index in [-0.39, 0.29) is 10.9 Å². The summed E-state index contributed by atoms with van der Waals surface area (Å²) in [6, 6.07) is 13.4. The summed E-state index contributed by atoms with van der Waals surface area (Å²) in [5, 5.41) is 8.93. The van der Waals surface area contributed by atoms with Gasteiger partial charge in [-0.3, -0.25) is 4.90 Å². The molecule has 1 spiro atoms. The van der Waals surface area contributed by atoms with E-state index in [1.807, 2.05) is 31.2 Å². The number of amides is 3. The first-order valence-electron chi connectivity index (χ1n) is 10.9. The van der Waals surface area contributed by atoms with Crippen molar-refractivity contribution in [1.82, 2.24) is 4.90 Å². The molecule has 2 unspecified atom stereocenters. The molecule has 0 bridgehead atoms. The second kappa shape index (κ2) is 8.30. The van der Waals surface area contributed by atoms with E-state index < -0.39 is 32.8 Å². The van der Waals surface area contributed by atoms with Gasteiger partial charge >= 0.3 is 12.1 Å². The third-order valence-electron chi connectivity index (χ3n) is 6.52. The Kier molecular flexibility index (Phi) is 5.78. The Morgan fingerprint density at radius 1 is 1.15 bits per heavy atom. The highest BCUT2D eigenvalue weighted by molar-refractivity contribution is 7.92. The number of anilines is 1. The fourth-order valence-electron chi connectivity index (χ4n) is 4.70. The summed E-state index contributed by atoms with van der Waals surface area (Å²) in [6.45, 7) is 5.43. The molecule has 33 heavy (non-hydrogen) atoms. The van der Waals surface area contributed by atoms with Crippen LogP contribution in [0, 0.1) is 0 Å². The molecule has 1 N–H and O–H groups in total. The second-order valence-corrected chi connectivity index (χ2v) is 11.4. The van der Waals surface area contributed by atoms with Crippen LogP contribution in [0.25, 0.3) is 11.1 Å². The quantitative estimate of drug-likeness (QED) is 0.712. The number of carbonyl (C=O) groups is 2. The van der Waals surface area contributed by atoms with E-state index in [2.05, 4.69) is 4.99 Å². The lowest BCUT2D eigenvalue weighted by atomic mass is 9.83. The second-order valence-electron chi connectivity index (χ2n) is 8.89. The number of aliphatic imine (C=N–C) groups is 1. The van der Waals surface area contributed by atoms with Crippen molar-refractivity contribution in [2.75, 3.05) is 11.4 Å². The summed E-state index contributed by atoms with van der Waals surface area (Å²) in [5.41, 5.74) is 1.51. The summed E-state index contributed by atoms with van der Waals surface area (Å²) in [5.74, 6) is 0. The van der Waals surface area contributed by atoms with E-state index in [0.29, 0.717) is 25.1 Å². The minimum atomic E-state index is -3.39. The van der Waals surface area contributed by atoms with Crippen molar-refractivity contribution in [3.8, 4) is 11.1 Å². The number of hydrogen-bond donors (Lipinski definition) is 1. The van der Waals surface area contributed by atoms with Crippen LogP contribution in [-0.2, 0) is 9.84 Å². The lowest BCUT2D eigenvalue weighted by Crippen LogP contribution is -2.59. The molecule has 0 saturated carbocycles. The van der Waals surface area contributed by atoms with E-state index in [0.717, 1.165) is 11.1 Å². The fourth-order valence-corrected chi connectivity index (χ4v) is 5.76. The maximum absolute atomic E-state index is 12.9. The average molecular weight is 470 g/mol. The van der Waals surface area contributed by atoms with E-state index in [1.165, 1.54) is 4.90 Å². The van der Waals surface area contributed by atoms with Crippen LogP contribution < -0.4 is 4.90 Å². The van der Waals surface area contributed by atoms with Crippen molar-refractivity contribution in [3.05, 3.63) is 48.5 Å². The number of likely N-dealkylation sites (tertiary alicyclic amines) is 1. The monoisotopic (exact) mass is 469 g/mol. The highest BCUT2D eigenvalue weighted by atomic mass is 32.2. The van der Waals surface area contributed by atoms with Crippen LogP contribution in [0.4, 0.5) is 15.3 Å². The molecule has 9 heteroatoms. The molecule has 2 aliphatic rings. The first-order valence-corrected chi connectivity index (χ1v) is 12.4. The molecule has 2 aromatic rings. The van der Waals surface area contributed by atoms with Gasteiger partial charge < -0.3 is 10.0 Å². The Morgan fingerprint density at radius 2 is 1.82 bits per heavy atom. The van der Waals surface area contributed by atoms with Gasteiger partial charge in [-0.25, -0.2) is 23.0 Å². The highest BCUT2D eigenvalue weighted by Crippen LogP contribution is 2.42. The van der Waals surface area contributed by atoms with Gasteiger partial charge in [0.2, 0.25) is 0 Å². The molecule has 1 fully saturated rings. The van der Waals surface area contributed by atoms with Gasteiger partial charge in [0.15, 0.2) is 9.84 Å². The number of piperidine rings is 1. The van der Waals surface area contributed by atoms with Crippen molar-refractivity contribution < 1.29 is 23.1 Å². The standard InChI is InChI=1S/C24H27N3O5S/c1-16(2)33(31,32)19-10-8-18(9-11-19)20-6-4-5-7-21(20)27-22(28)25-15-24(27)12-13-26(23(29)30)17(3)14-24/h4-11,15-17H,12-14H2,1-3H3,(H,29,30). The molecule has 8 nitrogen and oxygen atoms in total. The zero-order valence-corrected chi connectivity index (χ0v) is 19.6. The van der Waals surface area contributed by atoms with Crippen molar-refractivity contribution in [2.45, 2.75) is 55.3 Å². The Bertz CT molecular complexity index is 1220. The SMILES string of the molecule is CC1CC2(C=NC(=O)N2c2ccccc2-c2ccc(S(=O)(=O)C(C)C)cc2)CCN1C(=O)O. The lowest BCUT2D eigenvalue weighted by Gasteiger charge is -2.45. The number of carbonyl (C=O) groups excluding carboxylic acids is 1. The summed E-state index contributed by atoms with van der Waals surface area (Å²) >= 11 is 0. The third kappa shape index (κ3) is 3.90. The summed E-state index contributed by atoms with van der Waals surface area (Å²) < 4.78 is 25.0. The highest BCUT2D eigenvalue weighted by Gasteiger charge is 2.49. The van der Waals surface area contributed by atoms with Crippen LogP contribution in [0.5, 0.6) is 0 Å². The summed E-state index contributed by atoms with van der Waals surface area (Å²) in [4.78, 5) is 31.9. The summed E-state index contributed by atoms with van der Waals surface area (Å²) in [6.07, 6.45) is 1.56. The van der Waals surface area contributed by atoms with Gasteiger partial charge in [-0.2, -0.15) is 0 Å². The van der Waals surface area contributed by atoms with E-state index in [4.69, 9.17) is 0 Å². The molecule has 2 heterocycles. The van der Waals surface area contributed by atoms with Crippen LogP contribution >= 0.6 is 0 Å². The van der Waals surface area contributed by atoms with Crippen LogP contribution in [0.15, 0.2) is 58.4 Å². The average Bonchev–Trinajstić information content (AvgIpc) is 3.08. The largest absolute Gasteiger partial charge is 0.465 e. The molecule has 0 radical (unpaired) electrons. The van der Waals surface area contributed by atoms with Crippen LogP contribution in [0.3, 0.4) is 0 Å². The number of carboxylic acid groups (broad SMARTS) is 1. The number of nitrogens with zero attached hydrogens (tertiary/aromatic N) is 3.